The van der Waals surface area contributed by atoms with E-state index in [1.165, 1.54) is 6.08 Å². The molecule has 0 amide bonds. The summed E-state index contributed by atoms with van der Waals surface area (Å²) in [5, 5.41) is 0. The molecule has 0 saturated heterocycles. The Balaban J connectivity index is 4.35. The van der Waals surface area contributed by atoms with Gasteiger partial charge in [-0.05, 0) is 20.8 Å². The zero-order chi connectivity index (χ0) is 9.56. The van der Waals surface area contributed by atoms with E-state index >= 15 is 0 Å². The topological polar surface area (TPSA) is 62.7 Å². The van der Waals surface area contributed by atoms with Gasteiger partial charge in [-0.2, -0.15) is 4.79 Å². The van der Waals surface area contributed by atoms with E-state index in [1.807, 2.05) is 0 Å². The van der Waals surface area contributed by atoms with Crippen molar-refractivity contribution in [2.45, 2.75) is 26.9 Å². The number of allylic oxidation sites excluding steroid dienone is 1. The molecule has 0 atom stereocenters. The molecule has 0 heterocycles. The second-order valence-corrected chi connectivity index (χ2v) is 2.44. The molecule has 0 spiro atoms. The molecular formula is C8H12N2O2. The minimum Gasteiger partial charge on any atom is -0.454 e. The average molecular weight is 168 g/mol. The molecule has 4 nitrogen and oxygen atoms in total. The Morgan fingerprint density at radius 2 is 2.17 bits per heavy atom. The molecule has 0 saturated carbocycles. The van der Waals surface area contributed by atoms with Gasteiger partial charge in [-0.1, -0.05) is 6.08 Å². The van der Waals surface area contributed by atoms with Gasteiger partial charge >= 0.3 is 11.7 Å². The number of hydrogen-bond acceptors (Lipinski definition) is 2. The van der Waals surface area contributed by atoms with Crippen LogP contribution >= 0.6 is 0 Å². The first-order valence-corrected chi connectivity index (χ1v) is 3.67. The number of carbonyl (C=O) groups is 1. The first kappa shape index (κ1) is 10.6. The van der Waals surface area contributed by atoms with Crippen molar-refractivity contribution in [1.82, 2.24) is 0 Å². The van der Waals surface area contributed by atoms with Crippen LogP contribution in [0.3, 0.4) is 0 Å². The lowest BCUT2D eigenvalue weighted by atomic mass is 10.3. The molecule has 0 N–H and O–H groups in total. The maximum Gasteiger partial charge on any atom is 0.421 e. The van der Waals surface area contributed by atoms with Gasteiger partial charge in [0, 0.05) is 6.08 Å². The van der Waals surface area contributed by atoms with Crippen molar-refractivity contribution < 1.29 is 14.3 Å². The van der Waals surface area contributed by atoms with Crippen LogP contribution in [0.5, 0.6) is 0 Å². The van der Waals surface area contributed by atoms with Crippen LogP contribution in [0, 0.1) is 0 Å². The summed E-state index contributed by atoms with van der Waals surface area (Å²) in [4.78, 5) is 13.8. The lowest BCUT2D eigenvalue weighted by Gasteiger charge is -2.02. The van der Waals surface area contributed by atoms with Crippen molar-refractivity contribution in [3.63, 3.8) is 0 Å². The van der Waals surface area contributed by atoms with E-state index in [9.17, 15) is 4.79 Å². The Morgan fingerprint density at radius 3 is 2.50 bits per heavy atom. The van der Waals surface area contributed by atoms with Gasteiger partial charge in [0.05, 0.1) is 6.10 Å². The Hall–Kier alpha value is -1.41. The summed E-state index contributed by atoms with van der Waals surface area (Å²) in [6.45, 7) is 5.17. The highest BCUT2D eigenvalue weighted by Crippen LogP contribution is 1.91. The van der Waals surface area contributed by atoms with E-state index in [2.05, 4.69) is 4.79 Å². The standard InChI is InChI=1S/C8H12N2O2/c1-4-5-7(10-9)8(11)12-6(2)3/h4-6H,1-3H3/b5-4+. The van der Waals surface area contributed by atoms with Gasteiger partial charge in [0.25, 0.3) is 0 Å². The first-order valence-electron chi connectivity index (χ1n) is 3.67. The largest absolute Gasteiger partial charge is 0.454 e. The quantitative estimate of drug-likeness (QED) is 0.275. The van der Waals surface area contributed by atoms with E-state index in [0.717, 1.165) is 0 Å². The van der Waals surface area contributed by atoms with E-state index in [-0.39, 0.29) is 11.8 Å². The highest BCUT2D eigenvalue weighted by molar-refractivity contribution is 6.38. The van der Waals surface area contributed by atoms with Gasteiger partial charge in [0.2, 0.25) is 0 Å². The third-order valence-corrected chi connectivity index (χ3v) is 0.984. The summed E-state index contributed by atoms with van der Waals surface area (Å²) in [7, 11) is 0. The minimum atomic E-state index is -0.620. The van der Waals surface area contributed by atoms with Crippen molar-refractivity contribution in [1.29, 1.82) is 0 Å². The zero-order valence-electron chi connectivity index (χ0n) is 7.44. The molecule has 0 radical (unpaired) electrons. The molecule has 0 aromatic rings. The van der Waals surface area contributed by atoms with Crippen LogP contribution in [0.4, 0.5) is 0 Å². The zero-order valence-corrected chi connectivity index (χ0v) is 7.44. The fraction of sp³-hybridized carbons (Fsp3) is 0.500. The maximum absolute atomic E-state index is 11.0. The van der Waals surface area contributed by atoms with Crippen LogP contribution in [0.25, 0.3) is 5.53 Å². The molecule has 0 fully saturated rings. The average Bonchev–Trinajstić information content (AvgIpc) is 1.98. The van der Waals surface area contributed by atoms with Gasteiger partial charge in [-0.3, -0.25) is 0 Å². The number of nitrogens with zero attached hydrogens (tertiary/aromatic N) is 2. The molecule has 0 bridgehead atoms. The van der Waals surface area contributed by atoms with Crippen LogP contribution in [0.2, 0.25) is 0 Å². The molecule has 0 aromatic carbocycles. The predicted octanol–water partition coefficient (Wildman–Crippen LogP) is 1.18. The Morgan fingerprint density at radius 1 is 1.58 bits per heavy atom. The second-order valence-electron chi connectivity index (χ2n) is 2.44. The normalized spacial score (nSPS) is 10.0. The second kappa shape index (κ2) is 5.27. The Bertz CT molecular complexity index is 237. The molecule has 0 aliphatic rings. The minimum absolute atomic E-state index is 0.0915. The lowest BCUT2D eigenvalue weighted by Crippen LogP contribution is -2.20. The van der Waals surface area contributed by atoms with E-state index in [0.29, 0.717) is 0 Å². The number of ether oxygens (including phenoxy) is 1. The molecule has 0 rings (SSSR count). The SMILES string of the molecule is C/C=C/C(=[N+]=[N-])C(=O)OC(C)C. The monoisotopic (exact) mass is 168 g/mol. The van der Waals surface area contributed by atoms with Gasteiger partial charge in [0.15, 0.2) is 0 Å². The molecule has 0 aromatic heterocycles. The predicted molar refractivity (Wildman–Crippen MR) is 44.7 cm³/mol. The molecule has 0 aliphatic heterocycles. The summed E-state index contributed by atoms with van der Waals surface area (Å²) < 4.78 is 4.77. The van der Waals surface area contributed by atoms with Crippen LogP contribution < -0.4 is 0 Å². The summed E-state index contributed by atoms with van der Waals surface area (Å²) in [5.41, 5.74) is 8.28. The molecule has 0 unspecified atom stereocenters. The number of rotatable bonds is 3. The Kier molecular flexibility index (Phi) is 4.65. The Labute approximate surface area is 71.5 Å². The third kappa shape index (κ3) is 3.68. The van der Waals surface area contributed by atoms with Crippen molar-refractivity contribution >= 4 is 11.7 Å². The van der Waals surface area contributed by atoms with Crippen molar-refractivity contribution in [3.05, 3.63) is 17.7 Å². The number of carbonyl (C=O) groups excluding carboxylic acids is 1. The highest BCUT2D eigenvalue weighted by Gasteiger charge is 2.18. The van der Waals surface area contributed by atoms with Gasteiger partial charge < -0.3 is 10.3 Å². The van der Waals surface area contributed by atoms with Crippen LogP contribution in [-0.4, -0.2) is 22.6 Å². The van der Waals surface area contributed by atoms with Gasteiger partial charge in [-0.25, -0.2) is 4.79 Å². The molecule has 0 aliphatic carbocycles. The van der Waals surface area contributed by atoms with Crippen LogP contribution in [0.1, 0.15) is 20.8 Å². The molecule has 12 heavy (non-hydrogen) atoms. The lowest BCUT2D eigenvalue weighted by molar-refractivity contribution is -0.143. The van der Waals surface area contributed by atoms with Crippen molar-refractivity contribution in [2.24, 2.45) is 0 Å². The fourth-order valence-electron chi connectivity index (χ4n) is 0.575. The highest BCUT2D eigenvalue weighted by atomic mass is 16.5. The van der Waals surface area contributed by atoms with Crippen molar-refractivity contribution in [3.8, 4) is 0 Å². The van der Waals surface area contributed by atoms with Crippen LogP contribution in [-0.2, 0) is 9.53 Å². The smallest absolute Gasteiger partial charge is 0.421 e. The molecular weight excluding hydrogens is 156 g/mol. The number of esters is 1. The summed E-state index contributed by atoms with van der Waals surface area (Å²) >= 11 is 0. The van der Waals surface area contributed by atoms with Crippen molar-refractivity contribution in [2.75, 3.05) is 0 Å². The van der Waals surface area contributed by atoms with Gasteiger partial charge in [-0.15, -0.1) is 0 Å². The summed E-state index contributed by atoms with van der Waals surface area (Å²) in [6.07, 6.45) is 2.76. The fourth-order valence-corrected chi connectivity index (χ4v) is 0.575. The maximum atomic E-state index is 11.0. The van der Waals surface area contributed by atoms with Gasteiger partial charge in [0.1, 0.15) is 0 Å². The van der Waals surface area contributed by atoms with Crippen LogP contribution in [0.15, 0.2) is 12.2 Å². The first-order chi connectivity index (χ1) is 5.61. The van der Waals surface area contributed by atoms with E-state index in [1.54, 1.807) is 26.8 Å². The molecule has 66 valence electrons. The summed E-state index contributed by atoms with van der Waals surface area (Å²) in [5.74, 6) is -0.620. The summed E-state index contributed by atoms with van der Waals surface area (Å²) in [6, 6.07) is 0. The van der Waals surface area contributed by atoms with E-state index in [4.69, 9.17) is 10.3 Å². The number of hydrogen-bond donors (Lipinski definition) is 0. The van der Waals surface area contributed by atoms with E-state index < -0.39 is 5.97 Å². The molecule has 4 heteroatoms. The third-order valence-electron chi connectivity index (χ3n) is 0.984.